The zero-order valence-electron chi connectivity index (χ0n) is 10.9. The van der Waals surface area contributed by atoms with Gasteiger partial charge in [0, 0.05) is 11.1 Å². The molecule has 1 aromatic heterocycles. The average molecular weight is 357 g/mol. The van der Waals surface area contributed by atoms with E-state index >= 15 is 0 Å². The zero-order chi connectivity index (χ0) is 13.9. The van der Waals surface area contributed by atoms with Gasteiger partial charge in [0.25, 0.3) is 0 Å². The highest BCUT2D eigenvalue weighted by atomic mass is 79.9. The lowest BCUT2D eigenvalue weighted by atomic mass is 10.3. The van der Waals surface area contributed by atoms with Gasteiger partial charge in [-0.15, -0.1) is 0 Å². The summed E-state index contributed by atoms with van der Waals surface area (Å²) in [5.41, 5.74) is 0. The number of hydrogen-bond donors (Lipinski definition) is 1. The minimum Gasteiger partial charge on any atom is -0.484 e. The number of nitrogens with one attached hydrogen (secondary N) is 1. The molecule has 0 atom stereocenters. The van der Waals surface area contributed by atoms with Gasteiger partial charge in [0.1, 0.15) is 23.9 Å². The zero-order valence-corrected chi connectivity index (χ0v) is 13.2. The Bertz CT molecular complexity index is 595. The third-order valence-electron chi connectivity index (χ3n) is 3.12. The highest BCUT2D eigenvalue weighted by Gasteiger charge is 2.20. The molecule has 1 heterocycles. The lowest BCUT2D eigenvalue weighted by Gasteiger charge is -2.06. The van der Waals surface area contributed by atoms with Crippen LogP contribution in [0.25, 0.3) is 0 Å². The molecule has 1 fully saturated rings. The molecule has 0 spiro atoms. The second-order valence-electron chi connectivity index (χ2n) is 4.89. The van der Waals surface area contributed by atoms with Gasteiger partial charge in [-0.05, 0) is 59.1 Å². The summed E-state index contributed by atoms with van der Waals surface area (Å²) in [6.45, 7) is 1.19. The number of hydrogen-bond acceptors (Lipinski definition) is 3. The third kappa shape index (κ3) is 3.78. The second-order valence-corrected chi connectivity index (χ2v) is 6.18. The van der Waals surface area contributed by atoms with Crippen LogP contribution >= 0.6 is 27.5 Å². The fourth-order valence-electron chi connectivity index (χ4n) is 1.87. The van der Waals surface area contributed by atoms with Crippen LogP contribution < -0.4 is 10.1 Å². The molecule has 106 valence electrons. The second kappa shape index (κ2) is 6.20. The lowest BCUT2D eigenvalue weighted by molar-refractivity contribution is 0.263. The highest BCUT2D eigenvalue weighted by molar-refractivity contribution is 9.10. The Morgan fingerprint density at radius 2 is 2.05 bits per heavy atom. The molecule has 1 aromatic carbocycles. The molecule has 3 nitrogen and oxygen atoms in total. The van der Waals surface area contributed by atoms with E-state index in [2.05, 4.69) is 21.2 Å². The fourth-order valence-corrected chi connectivity index (χ4v) is 2.67. The lowest BCUT2D eigenvalue weighted by Crippen LogP contribution is -2.14. The van der Waals surface area contributed by atoms with Crippen LogP contribution in [0.15, 0.2) is 39.2 Å². The van der Waals surface area contributed by atoms with Crippen molar-refractivity contribution in [3.8, 4) is 5.75 Å². The molecule has 0 unspecified atom stereocenters. The fraction of sp³-hybridized carbons (Fsp3) is 0.333. The van der Waals surface area contributed by atoms with Crippen molar-refractivity contribution in [2.75, 3.05) is 0 Å². The normalized spacial score (nSPS) is 14.5. The van der Waals surface area contributed by atoms with Crippen molar-refractivity contribution in [2.24, 2.45) is 0 Å². The molecular weight excluding hydrogens is 342 g/mol. The van der Waals surface area contributed by atoms with E-state index in [0.717, 1.165) is 28.3 Å². The molecule has 0 aliphatic heterocycles. The van der Waals surface area contributed by atoms with E-state index < -0.39 is 0 Å². The Morgan fingerprint density at radius 1 is 1.25 bits per heavy atom. The van der Waals surface area contributed by atoms with Crippen LogP contribution in [0.5, 0.6) is 5.75 Å². The van der Waals surface area contributed by atoms with Gasteiger partial charge in [0.15, 0.2) is 0 Å². The van der Waals surface area contributed by atoms with Crippen molar-refractivity contribution in [2.45, 2.75) is 32.0 Å². The number of halogens is 2. The van der Waals surface area contributed by atoms with Crippen LogP contribution in [0.4, 0.5) is 0 Å². The monoisotopic (exact) mass is 355 g/mol. The van der Waals surface area contributed by atoms with Gasteiger partial charge < -0.3 is 14.5 Å². The first-order chi connectivity index (χ1) is 9.70. The van der Waals surface area contributed by atoms with Crippen LogP contribution in [0, 0.1) is 0 Å². The predicted molar refractivity (Wildman–Crippen MR) is 82.1 cm³/mol. The summed E-state index contributed by atoms with van der Waals surface area (Å²) < 4.78 is 12.3. The van der Waals surface area contributed by atoms with E-state index in [4.69, 9.17) is 20.8 Å². The standard InChI is InChI=1S/C15H15BrClNO2/c16-14-7-10(17)1-6-15(14)19-9-13-5-4-12(20-13)8-18-11-2-3-11/h1,4-7,11,18H,2-3,8-9H2. The Hall–Kier alpha value is -0.970. The van der Waals surface area contributed by atoms with Gasteiger partial charge in [-0.2, -0.15) is 0 Å². The summed E-state index contributed by atoms with van der Waals surface area (Å²) in [7, 11) is 0. The minimum atomic E-state index is 0.406. The van der Waals surface area contributed by atoms with Gasteiger partial charge in [-0.25, -0.2) is 0 Å². The van der Waals surface area contributed by atoms with E-state index in [1.54, 1.807) is 6.07 Å². The quantitative estimate of drug-likeness (QED) is 0.826. The average Bonchev–Trinajstić information content (AvgIpc) is 3.14. The van der Waals surface area contributed by atoms with Crippen molar-refractivity contribution in [1.29, 1.82) is 0 Å². The first-order valence-corrected chi connectivity index (χ1v) is 7.76. The van der Waals surface area contributed by atoms with Gasteiger partial charge in [-0.1, -0.05) is 11.6 Å². The van der Waals surface area contributed by atoms with E-state index in [0.29, 0.717) is 17.7 Å². The number of ether oxygens (including phenoxy) is 1. The van der Waals surface area contributed by atoms with Crippen molar-refractivity contribution in [3.63, 3.8) is 0 Å². The minimum absolute atomic E-state index is 0.406. The van der Waals surface area contributed by atoms with Gasteiger partial charge in [0.2, 0.25) is 0 Å². The molecule has 2 aromatic rings. The van der Waals surface area contributed by atoms with Crippen LogP contribution in [0.3, 0.4) is 0 Å². The number of furan rings is 1. The van der Waals surface area contributed by atoms with E-state index in [-0.39, 0.29) is 0 Å². The van der Waals surface area contributed by atoms with Crippen molar-refractivity contribution >= 4 is 27.5 Å². The van der Waals surface area contributed by atoms with Gasteiger partial charge in [0.05, 0.1) is 11.0 Å². The summed E-state index contributed by atoms with van der Waals surface area (Å²) in [6.07, 6.45) is 2.56. The maximum absolute atomic E-state index is 5.89. The summed E-state index contributed by atoms with van der Waals surface area (Å²) >= 11 is 9.32. The molecule has 0 bridgehead atoms. The SMILES string of the molecule is Clc1ccc(OCc2ccc(CNC3CC3)o2)c(Br)c1. The Kier molecular flexibility index (Phi) is 4.34. The first-order valence-electron chi connectivity index (χ1n) is 6.59. The topological polar surface area (TPSA) is 34.4 Å². The van der Waals surface area contributed by atoms with Crippen LogP contribution in [0.1, 0.15) is 24.4 Å². The number of benzene rings is 1. The molecule has 20 heavy (non-hydrogen) atoms. The molecular formula is C15H15BrClNO2. The molecule has 1 N–H and O–H groups in total. The largest absolute Gasteiger partial charge is 0.484 e. The van der Waals surface area contributed by atoms with Crippen LogP contribution in [-0.4, -0.2) is 6.04 Å². The highest BCUT2D eigenvalue weighted by Crippen LogP contribution is 2.28. The predicted octanol–water partition coefficient (Wildman–Crippen LogP) is 4.53. The van der Waals surface area contributed by atoms with Gasteiger partial charge >= 0.3 is 0 Å². The Morgan fingerprint density at radius 3 is 2.80 bits per heavy atom. The van der Waals surface area contributed by atoms with E-state index in [1.165, 1.54) is 12.8 Å². The molecule has 1 aliphatic rings. The summed E-state index contributed by atoms with van der Waals surface area (Å²) in [5, 5.41) is 4.10. The molecule has 1 saturated carbocycles. The molecule has 5 heteroatoms. The third-order valence-corrected chi connectivity index (χ3v) is 3.98. The van der Waals surface area contributed by atoms with Crippen molar-refractivity contribution in [1.82, 2.24) is 5.32 Å². The van der Waals surface area contributed by atoms with E-state index in [9.17, 15) is 0 Å². The first kappa shape index (κ1) is 14.0. The number of rotatable bonds is 6. The molecule has 0 saturated heterocycles. The van der Waals surface area contributed by atoms with Gasteiger partial charge in [-0.3, -0.25) is 0 Å². The van der Waals surface area contributed by atoms with E-state index in [1.807, 2.05) is 24.3 Å². The smallest absolute Gasteiger partial charge is 0.146 e. The summed E-state index contributed by atoms with van der Waals surface area (Å²) in [6, 6.07) is 10.1. The molecule has 0 amide bonds. The molecule has 0 radical (unpaired) electrons. The van der Waals surface area contributed by atoms with Crippen LogP contribution in [0.2, 0.25) is 5.02 Å². The maximum Gasteiger partial charge on any atom is 0.146 e. The van der Waals surface area contributed by atoms with Crippen molar-refractivity contribution < 1.29 is 9.15 Å². The summed E-state index contributed by atoms with van der Waals surface area (Å²) in [5.74, 6) is 2.52. The maximum atomic E-state index is 5.89. The Balaban J connectivity index is 1.54. The Labute approximate surface area is 131 Å². The molecule has 3 rings (SSSR count). The van der Waals surface area contributed by atoms with Crippen molar-refractivity contribution in [3.05, 3.63) is 51.3 Å². The summed E-state index contributed by atoms with van der Waals surface area (Å²) in [4.78, 5) is 0. The van der Waals surface area contributed by atoms with Crippen LogP contribution in [-0.2, 0) is 13.2 Å². The molecule has 1 aliphatic carbocycles.